The Labute approximate surface area is 156 Å². The number of nitrogens with zero attached hydrogens (tertiary/aromatic N) is 3. The fourth-order valence-electron chi connectivity index (χ4n) is 2.29. The predicted octanol–water partition coefficient (Wildman–Crippen LogP) is 2.61. The van der Waals surface area contributed by atoms with Crippen LogP contribution in [0, 0.1) is 13.8 Å². The van der Waals surface area contributed by atoms with Gasteiger partial charge in [0.05, 0.1) is 0 Å². The first-order valence-corrected chi connectivity index (χ1v) is 10.3. The molecule has 3 aromatic rings. The van der Waals surface area contributed by atoms with Crippen LogP contribution in [0.2, 0.25) is 0 Å². The summed E-state index contributed by atoms with van der Waals surface area (Å²) in [6.07, 6.45) is 3.40. The van der Waals surface area contributed by atoms with Gasteiger partial charge in [0.2, 0.25) is 10.0 Å². The molecule has 0 atom stereocenters. The van der Waals surface area contributed by atoms with Crippen molar-refractivity contribution in [1.82, 2.24) is 19.7 Å². The molecule has 2 N–H and O–H groups in total. The number of pyridine rings is 1. The molecule has 0 radical (unpaired) electrons. The molecule has 0 bridgehead atoms. The minimum Gasteiger partial charge on any atom is -0.369 e. The summed E-state index contributed by atoms with van der Waals surface area (Å²) in [4.78, 5) is 13.9. The van der Waals surface area contributed by atoms with Crippen molar-refractivity contribution in [3.63, 3.8) is 0 Å². The molecule has 3 rings (SSSR count). The number of sulfonamides is 1. The second kappa shape index (κ2) is 7.90. The third-order valence-electron chi connectivity index (χ3n) is 3.48. The van der Waals surface area contributed by atoms with Gasteiger partial charge in [-0.05, 0) is 38.1 Å². The normalized spacial score (nSPS) is 11.5. The lowest BCUT2D eigenvalue weighted by Crippen LogP contribution is -2.28. The standard InChI is InChI=1S/C17H19N5O2S2/c1-12-10-15(22-17(21-12)14-4-3-7-18-11-14)19-8-9-20-26(23,24)16-6-5-13(2)25-16/h3-7,10-11,20H,8-9H2,1-2H3,(H,19,21,22). The monoisotopic (exact) mass is 389 g/mol. The highest BCUT2D eigenvalue weighted by molar-refractivity contribution is 7.91. The van der Waals surface area contributed by atoms with Crippen molar-refractivity contribution in [2.45, 2.75) is 18.1 Å². The Balaban J connectivity index is 1.61. The number of aromatic nitrogens is 3. The molecule has 9 heteroatoms. The number of anilines is 1. The predicted molar refractivity (Wildman–Crippen MR) is 103 cm³/mol. The Morgan fingerprint density at radius 2 is 1.96 bits per heavy atom. The van der Waals surface area contributed by atoms with Gasteiger partial charge < -0.3 is 5.32 Å². The number of nitrogens with one attached hydrogen (secondary N) is 2. The van der Waals surface area contributed by atoms with Gasteiger partial charge in [0.15, 0.2) is 5.82 Å². The van der Waals surface area contributed by atoms with Crippen LogP contribution < -0.4 is 10.0 Å². The Kier molecular flexibility index (Phi) is 5.60. The van der Waals surface area contributed by atoms with Crippen LogP contribution in [0.5, 0.6) is 0 Å². The van der Waals surface area contributed by atoms with E-state index in [1.165, 1.54) is 11.3 Å². The SMILES string of the molecule is Cc1cc(NCCNS(=O)(=O)c2ccc(C)s2)nc(-c2cccnc2)n1. The van der Waals surface area contributed by atoms with Crippen molar-refractivity contribution in [2.24, 2.45) is 0 Å². The van der Waals surface area contributed by atoms with E-state index in [0.717, 1.165) is 16.1 Å². The summed E-state index contributed by atoms with van der Waals surface area (Å²) in [6.45, 7) is 4.42. The topological polar surface area (TPSA) is 96.9 Å². The van der Waals surface area contributed by atoms with Crippen molar-refractivity contribution in [3.05, 3.63) is 53.3 Å². The van der Waals surface area contributed by atoms with Gasteiger partial charge in [-0.1, -0.05) is 0 Å². The van der Waals surface area contributed by atoms with Gasteiger partial charge in [0, 0.05) is 47.7 Å². The molecule has 0 unspecified atom stereocenters. The van der Waals surface area contributed by atoms with E-state index in [2.05, 4.69) is 25.0 Å². The minimum atomic E-state index is -3.47. The van der Waals surface area contributed by atoms with E-state index in [1.807, 2.05) is 32.0 Å². The fraction of sp³-hybridized carbons (Fsp3) is 0.235. The fourth-order valence-corrected chi connectivity index (χ4v) is 4.65. The Hall–Kier alpha value is -2.36. The molecule has 26 heavy (non-hydrogen) atoms. The Morgan fingerprint density at radius 3 is 2.65 bits per heavy atom. The van der Waals surface area contributed by atoms with Gasteiger partial charge in [-0.15, -0.1) is 11.3 Å². The third-order valence-corrected chi connectivity index (χ3v) is 6.43. The first-order chi connectivity index (χ1) is 12.4. The second-order valence-electron chi connectivity index (χ2n) is 5.65. The molecule has 0 fully saturated rings. The van der Waals surface area contributed by atoms with E-state index >= 15 is 0 Å². The molecule has 0 aliphatic heterocycles. The zero-order valence-corrected chi connectivity index (χ0v) is 16.1. The van der Waals surface area contributed by atoms with Crippen LogP contribution in [-0.4, -0.2) is 36.5 Å². The van der Waals surface area contributed by atoms with Crippen LogP contribution in [0.15, 0.2) is 46.9 Å². The van der Waals surface area contributed by atoms with Gasteiger partial charge in [0.1, 0.15) is 10.0 Å². The first-order valence-electron chi connectivity index (χ1n) is 8.00. The van der Waals surface area contributed by atoms with Crippen LogP contribution in [0.4, 0.5) is 5.82 Å². The number of rotatable bonds is 7. The van der Waals surface area contributed by atoms with Crippen molar-refractivity contribution >= 4 is 27.2 Å². The molecule has 7 nitrogen and oxygen atoms in total. The van der Waals surface area contributed by atoms with Crippen LogP contribution in [0.25, 0.3) is 11.4 Å². The van der Waals surface area contributed by atoms with Crippen LogP contribution >= 0.6 is 11.3 Å². The molecular weight excluding hydrogens is 370 g/mol. The summed E-state index contributed by atoms with van der Waals surface area (Å²) in [6, 6.07) is 8.94. The molecular formula is C17H19N5O2S2. The number of thiophene rings is 1. The van der Waals surface area contributed by atoms with Crippen molar-refractivity contribution < 1.29 is 8.42 Å². The summed E-state index contributed by atoms with van der Waals surface area (Å²) < 4.78 is 27.3. The van der Waals surface area contributed by atoms with Crippen LogP contribution in [0.1, 0.15) is 10.6 Å². The van der Waals surface area contributed by atoms with Gasteiger partial charge in [-0.3, -0.25) is 4.98 Å². The van der Waals surface area contributed by atoms with Crippen molar-refractivity contribution in [3.8, 4) is 11.4 Å². The lowest BCUT2D eigenvalue weighted by atomic mass is 10.2. The van der Waals surface area contributed by atoms with E-state index in [-0.39, 0.29) is 6.54 Å². The lowest BCUT2D eigenvalue weighted by molar-refractivity contribution is 0.585. The highest BCUT2D eigenvalue weighted by Gasteiger charge is 2.15. The highest BCUT2D eigenvalue weighted by atomic mass is 32.2. The number of hydrogen-bond donors (Lipinski definition) is 2. The van der Waals surface area contributed by atoms with Crippen molar-refractivity contribution in [1.29, 1.82) is 0 Å². The molecule has 0 aliphatic carbocycles. The number of aryl methyl sites for hydroxylation is 2. The molecule has 3 aromatic heterocycles. The molecule has 0 saturated heterocycles. The van der Waals surface area contributed by atoms with Gasteiger partial charge in [0.25, 0.3) is 0 Å². The molecule has 0 amide bonds. The third kappa shape index (κ3) is 4.63. The number of hydrogen-bond acceptors (Lipinski definition) is 7. The van der Waals surface area contributed by atoms with E-state index in [0.29, 0.717) is 22.4 Å². The smallest absolute Gasteiger partial charge is 0.250 e. The van der Waals surface area contributed by atoms with E-state index in [1.54, 1.807) is 24.5 Å². The molecule has 136 valence electrons. The zero-order chi connectivity index (χ0) is 18.6. The Bertz CT molecular complexity index is 987. The van der Waals surface area contributed by atoms with Crippen molar-refractivity contribution in [2.75, 3.05) is 18.4 Å². The minimum absolute atomic E-state index is 0.255. The quantitative estimate of drug-likeness (QED) is 0.603. The van der Waals surface area contributed by atoms with E-state index < -0.39 is 10.0 Å². The largest absolute Gasteiger partial charge is 0.369 e. The first kappa shape index (κ1) is 18.4. The van der Waals surface area contributed by atoms with Gasteiger partial charge in [-0.2, -0.15) is 0 Å². The summed E-state index contributed by atoms with van der Waals surface area (Å²) in [5, 5.41) is 3.13. The van der Waals surface area contributed by atoms with Gasteiger partial charge in [-0.25, -0.2) is 23.1 Å². The van der Waals surface area contributed by atoms with Crippen LogP contribution in [0.3, 0.4) is 0 Å². The molecule has 0 spiro atoms. The average Bonchev–Trinajstić information content (AvgIpc) is 3.07. The molecule has 3 heterocycles. The average molecular weight is 390 g/mol. The molecule has 0 aliphatic rings. The Morgan fingerprint density at radius 1 is 1.12 bits per heavy atom. The summed E-state index contributed by atoms with van der Waals surface area (Å²) >= 11 is 1.25. The van der Waals surface area contributed by atoms with E-state index in [4.69, 9.17) is 0 Å². The molecule has 0 saturated carbocycles. The maximum Gasteiger partial charge on any atom is 0.250 e. The summed E-state index contributed by atoms with van der Waals surface area (Å²) in [5.74, 6) is 1.22. The lowest BCUT2D eigenvalue weighted by Gasteiger charge is -2.09. The maximum absolute atomic E-state index is 12.2. The maximum atomic E-state index is 12.2. The summed E-state index contributed by atoms with van der Waals surface area (Å²) in [5.41, 5.74) is 1.64. The van der Waals surface area contributed by atoms with Gasteiger partial charge >= 0.3 is 0 Å². The summed E-state index contributed by atoms with van der Waals surface area (Å²) in [7, 11) is -3.47. The molecule has 0 aromatic carbocycles. The highest BCUT2D eigenvalue weighted by Crippen LogP contribution is 2.20. The second-order valence-corrected chi connectivity index (χ2v) is 8.93. The van der Waals surface area contributed by atoms with Crippen LogP contribution in [-0.2, 0) is 10.0 Å². The zero-order valence-electron chi connectivity index (χ0n) is 14.4. The van der Waals surface area contributed by atoms with E-state index in [9.17, 15) is 8.42 Å².